The highest BCUT2D eigenvalue weighted by Gasteiger charge is 2.08. The van der Waals surface area contributed by atoms with E-state index in [4.69, 9.17) is 0 Å². The number of ether oxygens (including phenoxy) is 1. The molecule has 0 aromatic carbocycles. The van der Waals surface area contributed by atoms with Crippen LogP contribution in [0.4, 0.5) is 4.79 Å². The van der Waals surface area contributed by atoms with Gasteiger partial charge >= 0.3 is 6.09 Å². The zero-order valence-corrected chi connectivity index (χ0v) is 10.0. The van der Waals surface area contributed by atoms with Crippen LogP contribution in [-0.4, -0.2) is 24.3 Å². The van der Waals surface area contributed by atoms with E-state index in [1.165, 1.54) is 12.6 Å². The molecule has 2 heterocycles. The fraction of sp³-hybridized carbons (Fsp3) is 0.333. The second-order valence-corrected chi connectivity index (χ2v) is 3.82. The fourth-order valence-electron chi connectivity index (χ4n) is 1.84. The molecule has 0 aliphatic rings. The second-order valence-electron chi connectivity index (χ2n) is 3.82. The minimum Gasteiger partial charge on any atom is -0.453 e. The van der Waals surface area contributed by atoms with Crippen LogP contribution in [0.1, 0.15) is 0 Å². The van der Waals surface area contributed by atoms with E-state index in [0.29, 0.717) is 6.54 Å². The van der Waals surface area contributed by atoms with Gasteiger partial charge in [0.2, 0.25) is 5.52 Å². The maximum Gasteiger partial charge on any atom is 0.406 e. The van der Waals surface area contributed by atoms with Crippen molar-refractivity contribution in [3.05, 3.63) is 30.6 Å². The van der Waals surface area contributed by atoms with E-state index in [9.17, 15) is 4.79 Å². The van der Waals surface area contributed by atoms with Crippen LogP contribution in [0.2, 0.25) is 0 Å². The lowest BCUT2D eigenvalue weighted by Crippen LogP contribution is -2.28. The van der Waals surface area contributed by atoms with E-state index >= 15 is 0 Å². The van der Waals surface area contributed by atoms with Crippen molar-refractivity contribution in [1.82, 2.24) is 9.88 Å². The van der Waals surface area contributed by atoms with Gasteiger partial charge in [-0.15, -0.1) is 0 Å². The van der Waals surface area contributed by atoms with Gasteiger partial charge in [-0.25, -0.2) is 4.79 Å². The Labute approximate surface area is 99.6 Å². The third kappa shape index (κ3) is 2.38. The molecule has 0 spiro atoms. The van der Waals surface area contributed by atoms with E-state index in [1.807, 2.05) is 25.5 Å². The third-order valence-corrected chi connectivity index (χ3v) is 2.74. The van der Waals surface area contributed by atoms with Crippen molar-refractivity contribution < 1.29 is 14.1 Å². The van der Waals surface area contributed by atoms with Gasteiger partial charge in [-0.1, -0.05) is 0 Å². The summed E-state index contributed by atoms with van der Waals surface area (Å²) in [5, 5.41) is 2.66. The molecule has 90 valence electrons. The number of pyridine rings is 1. The predicted molar refractivity (Wildman–Crippen MR) is 63.5 cm³/mol. The molecule has 1 N–H and O–H groups in total. The average Bonchev–Trinajstić information content (AvgIpc) is 2.74. The minimum atomic E-state index is -0.396. The molecular formula is C12H16N3O2+. The van der Waals surface area contributed by atoms with Crippen molar-refractivity contribution in [2.24, 2.45) is 7.05 Å². The molecule has 0 aliphatic carbocycles. The number of carbonyl (C=O) groups is 1. The van der Waals surface area contributed by atoms with Gasteiger partial charge in [0, 0.05) is 31.4 Å². The number of aryl methyl sites for hydroxylation is 1. The monoisotopic (exact) mass is 234 g/mol. The third-order valence-electron chi connectivity index (χ3n) is 2.74. The van der Waals surface area contributed by atoms with Crippen LogP contribution < -0.4 is 9.88 Å². The number of carbonyl (C=O) groups excluding carboxylic acids is 1. The molecular weight excluding hydrogens is 218 g/mol. The van der Waals surface area contributed by atoms with Crippen LogP contribution in [0, 0.1) is 0 Å². The summed E-state index contributed by atoms with van der Waals surface area (Å²) in [4.78, 5) is 10.9. The highest BCUT2D eigenvalue weighted by Crippen LogP contribution is 2.10. The Morgan fingerprint density at radius 1 is 1.53 bits per heavy atom. The predicted octanol–water partition coefficient (Wildman–Crippen LogP) is 0.822. The molecule has 2 rings (SSSR count). The highest BCUT2D eigenvalue weighted by molar-refractivity contribution is 5.72. The van der Waals surface area contributed by atoms with Crippen LogP contribution in [0.5, 0.6) is 0 Å². The number of nitrogens with zero attached hydrogens (tertiary/aromatic N) is 2. The first-order valence-corrected chi connectivity index (χ1v) is 5.47. The van der Waals surface area contributed by atoms with Gasteiger partial charge < -0.3 is 14.6 Å². The highest BCUT2D eigenvalue weighted by atomic mass is 16.5. The van der Waals surface area contributed by atoms with Crippen LogP contribution in [0.15, 0.2) is 30.6 Å². The topological polar surface area (TPSA) is 47.1 Å². The summed E-state index contributed by atoms with van der Waals surface area (Å²) in [5.74, 6) is 0. The molecule has 0 fully saturated rings. The summed E-state index contributed by atoms with van der Waals surface area (Å²) >= 11 is 0. The van der Waals surface area contributed by atoms with Crippen molar-refractivity contribution >= 4 is 17.1 Å². The first kappa shape index (κ1) is 11.4. The fourth-order valence-corrected chi connectivity index (χ4v) is 1.84. The van der Waals surface area contributed by atoms with E-state index in [-0.39, 0.29) is 0 Å². The first-order chi connectivity index (χ1) is 8.22. The van der Waals surface area contributed by atoms with Crippen molar-refractivity contribution in [1.29, 1.82) is 0 Å². The summed E-state index contributed by atoms with van der Waals surface area (Å²) in [5.41, 5.74) is 2.33. The number of hydrogen-bond acceptors (Lipinski definition) is 2. The molecule has 0 atom stereocenters. The van der Waals surface area contributed by atoms with E-state index < -0.39 is 6.09 Å². The Balaban J connectivity index is 2.09. The number of alkyl carbamates (subject to hydrolysis) is 1. The minimum absolute atomic E-state index is 0.396. The standard InChI is InChI=1S/C12H15N3O2/c1-14-7-3-4-11-10(14)5-8-15(11)9-6-13-12(16)17-2/h3-5,7-8H,6,9H2,1-2H3/p+1. The Hall–Kier alpha value is -2.04. The number of amides is 1. The van der Waals surface area contributed by atoms with Crippen molar-refractivity contribution in [2.75, 3.05) is 13.7 Å². The van der Waals surface area contributed by atoms with Crippen LogP contribution in [0.3, 0.4) is 0 Å². The first-order valence-electron chi connectivity index (χ1n) is 5.47. The molecule has 2 aromatic heterocycles. The Bertz CT molecular complexity index is 534. The number of hydrogen-bond donors (Lipinski definition) is 1. The quantitative estimate of drug-likeness (QED) is 0.799. The largest absolute Gasteiger partial charge is 0.453 e. The molecule has 2 aromatic rings. The summed E-state index contributed by atoms with van der Waals surface area (Å²) in [6, 6.07) is 6.13. The molecule has 0 bridgehead atoms. The van der Waals surface area contributed by atoms with Crippen molar-refractivity contribution in [3.63, 3.8) is 0 Å². The number of aromatic nitrogens is 2. The molecule has 0 saturated heterocycles. The zero-order valence-electron chi connectivity index (χ0n) is 10.0. The molecule has 17 heavy (non-hydrogen) atoms. The molecule has 1 amide bonds. The van der Waals surface area contributed by atoms with Gasteiger partial charge in [0.05, 0.1) is 7.11 Å². The zero-order chi connectivity index (χ0) is 12.3. The van der Waals surface area contributed by atoms with Gasteiger partial charge in [0.15, 0.2) is 6.20 Å². The van der Waals surface area contributed by atoms with Gasteiger partial charge in [0.1, 0.15) is 12.6 Å². The van der Waals surface area contributed by atoms with E-state index in [2.05, 4.69) is 31.3 Å². The summed E-state index contributed by atoms with van der Waals surface area (Å²) in [6.45, 7) is 1.28. The maximum absolute atomic E-state index is 10.9. The lowest BCUT2D eigenvalue weighted by Gasteiger charge is -2.05. The van der Waals surface area contributed by atoms with Crippen LogP contribution in [-0.2, 0) is 18.3 Å². The van der Waals surface area contributed by atoms with E-state index in [1.54, 1.807) is 0 Å². The molecule has 0 aliphatic heterocycles. The van der Waals surface area contributed by atoms with Gasteiger partial charge in [-0.05, 0) is 6.07 Å². The van der Waals surface area contributed by atoms with Crippen molar-refractivity contribution in [2.45, 2.75) is 6.54 Å². The number of nitrogens with one attached hydrogen (secondary N) is 1. The maximum atomic E-state index is 10.9. The lowest BCUT2D eigenvalue weighted by atomic mass is 10.4. The van der Waals surface area contributed by atoms with Gasteiger partial charge in [-0.2, -0.15) is 4.57 Å². The van der Waals surface area contributed by atoms with Gasteiger partial charge in [0.25, 0.3) is 0 Å². The molecule has 5 heteroatoms. The average molecular weight is 234 g/mol. The Kier molecular flexibility index (Phi) is 3.27. The van der Waals surface area contributed by atoms with Crippen LogP contribution in [0.25, 0.3) is 11.0 Å². The summed E-state index contributed by atoms with van der Waals surface area (Å²) in [6.07, 6.45) is 3.63. The molecule has 5 nitrogen and oxygen atoms in total. The number of fused-ring (bicyclic) bond motifs is 1. The molecule has 0 saturated carbocycles. The summed E-state index contributed by atoms with van der Waals surface area (Å²) in [7, 11) is 3.37. The van der Waals surface area contributed by atoms with Crippen LogP contribution >= 0.6 is 0 Å². The lowest BCUT2D eigenvalue weighted by molar-refractivity contribution is -0.644. The Morgan fingerprint density at radius 2 is 2.35 bits per heavy atom. The smallest absolute Gasteiger partial charge is 0.406 e. The number of methoxy groups -OCH3 is 1. The number of rotatable bonds is 3. The molecule has 0 radical (unpaired) electrons. The molecule has 0 unspecified atom stereocenters. The second kappa shape index (κ2) is 4.86. The van der Waals surface area contributed by atoms with E-state index in [0.717, 1.165) is 12.1 Å². The SMILES string of the molecule is COC(=O)NCCn1ccc2c1ccc[n+]2C. The summed E-state index contributed by atoms with van der Waals surface area (Å²) < 4.78 is 8.68. The van der Waals surface area contributed by atoms with Gasteiger partial charge in [-0.3, -0.25) is 0 Å². The Morgan fingerprint density at radius 3 is 3.12 bits per heavy atom. The van der Waals surface area contributed by atoms with Crippen molar-refractivity contribution in [3.8, 4) is 0 Å². The normalized spacial score (nSPS) is 10.5.